The number of aliphatic hydroxyl groups is 1. The molecule has 0 aliphatic heterocycles. The van der Waals surface area contributed by atoms with Crippen molar-refractivity contribution in [2.45, 2.75) is 19.7 Å². The molecule has 2 rings (SSSR count). The average Bonchev–Trinajstić information content (AvgIpc) is 2.83. The lowest BCUT2D eigenvalue weighted by Crippen LogP contribution is -2.13. The van der Waals surface area contributed by atoms with Crippen LogP contribution in [-0.2, 0) is 19.7 Å². The molecule has 2 aromatic rings. The number of nitrogens with one attached hydrogen (secondary N) is 1. The third-order valence-electron chi connectivity index (χ3n) is 2.48. The number of benzene rings is 1. The van der Waals surface area contributed by atoms with E-state index in [1.165, 1.54) is 10.4 Å². The van der Waals surface area contributed by atoms with Gasteiger partial charge in [0.2, 0.25) is 0 Å². The van der Waals surface area contributed by atoms with Gasteiger partial charge >= 0.3 is 0 Å². The van der Waals surface area contributed by atoms with Crippen molar-refractivity contribution in [3.05, 3.63) is 57.8 Å². The third kappa shape index (κ3) is 4.13. The van der Waals surface area contributed by atoms with Gasteiger partial charge in [0, 0.05) is 18.0 Å². The third-order valence-corrected chi connectivity index (χ3v) is 3.36. The number of hydrogen-bond acceptors (Lipinski definition) is 3. The zero-order valence-electron chi connectivity index (χ0n) is 9.43. The summed E-state index contributed by atoms with van der Waals surface area (Å²) in [5.74, 6) is 0. The largest absolute Gasteiger partial charge is 0.392 e. The molecule has 0 unspecified atom stereocenters. The van der Waals surface area contributed by atoms with Gasteiger partial charge in [-0.05, 0) is 22.6 Å². The quantitative estimate of drug-likeness (QED) is 0.875. The van der Waals surface area contributed by atoms with Crippen molar-refractivity contribution >= 4 is 23.7 Å². The maximum Gasteiger partial charge on any atom is 0.0685 e. The Balaban J connectivity index is 0.00000144. The van der Waals surface area contributed by atoms with Crippen molar-refractivity contribution in [2.24, 2.45) is 0 Å². The van der Waals surface area contributed by atoms with E-state index < -0.39 is 0 Å². The molecule has 0 aliphatic rings. The summed E-state index contributed by atoms with van der Waals surface area (Å²) in [6, 6.07) is 12.1. The highest BCUT2D eigenvalue weighted by atomic mass is 35.5. The summed E-state index contributed by atoms with van der Waals surface area (Å²) in [7, 11) is 0. The van der Waals surface area contributed by atoms with E-state index >= 15 is 0 Å². The molecule has 0 radical (unpaired) electrons. The first-order valence-electron chi connectivity index (χ1n) is 5.31. The molecule has 0 spiro atoms. The molecule has 0 saturated heterocycles. The van der Waals surface area contributed by atoms with E-state index in [1.54, 1.807) is 11.3 Å². The van der Waals surface area contributed by atoms with E-state index in [4.69, 9.17) is 0 Å². The Kier molecular flexibility index (Phi) is 6.22. The lowest BCUT2D eigenvalue weighted by Gasteiger charge is -2.07. The van der Waals surface area contributed by atoms with Crippen LogP contribution in [0.2, 0.25) is 0 Å². The predicted molar refractivity (Wildman–Crippen MR) is 74.5 cm³/mol. The Morgan fingerprint density at radius 1 is 1.00 bits per heavy atom. The maximum absolute atomic E-state index is 9.18. The standard InChI is InChI=1S/C13H15NOS.ClH/c15-10-12-5-2-1-4-11(12)8-14-9-13-6-3-7-16-13;/h1-7,14-15H,8-10H2;1H. The van der Waals surface area contributed by atoms with Gasteiger partial charge < -0.3 is 10.4 Å². The van der Waals surface area contributed by atoms with Gasteiger partial charge in [0.05, 0.1) is 6.61 Å². The van der Waals surface area contributed by atoms with Crippen LogP contribution in [0.5, 0.6) is 0 Å². The van der Waals surface area contributed by atoms with Crippen LogP contribution < -0.4 is 5.32 Å². The lowest BCUT2D eigenvalue weighted by molar-refractivity contribution is 0.280. The lowest BCUT2D eigenvalue weighted by atomic mass is 10.1. The Labute approximate surface area is 112 Å². The molecule has 2 nitrogen and oxygen atoms in total. The van der Waals surface area contributed by atoms with Gasteiger partial charge in [-0.1, -0.05) is 30.3 Å². The maximum atomic E-state index is 9.18. The van der Waals surface area contributed by atoms with Crippen molar-refractivity contribution in [3.8, 4) is 0 Å². The molecule has 1 heterocycles. The SMILES string of the molecule is Cl.OCc1ccccc1CNCc1cccs1. The van der Waals surface area contributed by atoms with Crippen LogP contribution in [0.15, 0.2) is 41.8 Å². The second kappa shape index (κ2) is 7.45. The molecule has 0 bridgehead atoms. The fourth-order valence-electron chi connectivity index (χ4n) is 1.62. The second-order valence-electron chi connectivity index (χ2n) is 3.61. The molecule has 0 atom stereocenters. The van der Waals surface area contributed by atoms with Crippen LogP contribution in [0, 0.1) is 0 Å². The van der Waals surface area contributed by atoms with Crippen molar-refractivity contribution in [1.29, 1.82) is 0 Å². The first-order chi connectivity index (χ1) is 7.90. The molecule has 0 fully saturated rings. The minimum Gasteiger partial charge on any atom is -0.392 e. The molecule has 4 heteroatoms. The highest BCUT2D eigenvalue weighted by Gasteiger charge is 2.00. The summed E-state index contributed by atoms with van der Waals surface area (Å²) >= 11 is 1.76. The first-order valence-corrected chi connectivity index (χ1v) is 6.19. The number of aliphatic hydroxyl groups excluding tert-OH is 1. The number of rotatable bonds is 5. The van der Waals surface area contributed by atoms with Crippen LogP contribution in [0.3, 0.4) is 0 Å². The smallest absolute Gasteiger partial charge is 0.0685 e. The topological polar surface area (TPSA) is 32.3 Å². The highest BCUT2D eigenvalue weighted by Crippen LogP contribution is 2.10. The molecule has 0 amide bonds. The van der Waals surface area contributed by atoms with Gasteiger partial charge in [-0.15, -0.1) is 23.7 Å². The van der Waals surface area contributed by atoms with Gasteiger partial charge in [0.1, 0.15) is 0 Å². The summed E-state index contributed by atoms with van der Waals surface area (Å²) in [6.07, 6.45) is 0. The van der Waals surface area contributed by atoms with Crippen molar-refractivity contribution in [1.82, 2.24) is 5.32 Å². The van der Waals surface area contributed by atoms with Crippen LogP contribution in [0.1, 0.15) is 16.0 Å². The number of hydrogen-bond donors (Lipinski definition) is 2. The Morgan fingerprint density at radius 3 is 2.41 bits per heavy atom. The first kappa shape index (κ1) is 14.2. The van der Waals surface area contributed by atoms with Gasteiger partial charge in [-0.2, -0.15) is 0 Å². The van der Waals surface area contributed by atoms with Gasteiger partial charge in [-0.3, -0.25) is 0 Å². The normalized spacial score (nSPS) is 9.94. The van der Waals surface area contributed by atoms with E-state index in [0.29, 0.717) is 0 Å². The van der Waals surface area contributed by atoms with E-state index in [1.807, 2.05) is 24.3 Å². The van der Waals surface area contributed by atoms with Gasteiger partial charge in [0.15, 0.2) is 0 Å². The fraction of sp³-hybridized carbons (Fsp3) is 0.231. The molecule has 0 saturated carbocycles. The predicted octanol–water partition coefficient (Wildman–Crippen LogP) is 2.95. The van der Waals surface area contributed by atoms with E-state index in [-0.39, 0.29) is 19.0 Å². The van der Waals surface area contributed by atoms with Gasteiger partial charge in [-0.25, -0.2) is 0 Å². The Bertz CT molecular complexity index is 431. The molecule has 92 valence electrons. The summed E-state index contributed by atoms with van der Waals surface area (Å²) in [4.78, 5) is 1.33. The molecule has 2 N–H and O–H groups in total. The summed E-state index contributed by atoms with van der Waals surface area (Å²) in [5, 5.41) is 14.6. The molecule has 1 aromatic heterocycles. The molecule has 1 aromatic carbocycles. The molecular formula is C13H16ClNOS. The monoisotopic (exact) mass is 269 g/mol. The summed E-state index contributed by atoms with van der Waals surface area (Å²) in [6.45, 7) is 1.79. The number of halogens is 1. The number of thiophene rings is 1. The van der Waals surface area contributed by atoms with Crippen LogP contribution in [0.4, 0.5) is 0 Å². The summed E-state index contributed by atoms with van der Waals surface area (Å²) < 4.78 is 0. The molecule has 17 heavy (non-hydrogen) atoms. The van der Waals surface area contributed by atoms with Crippen LogP contribution in [0.25, 0.3) is 0 Å². The Morgan fingerprint density at radius 2 is 1.76 bits per heavy atom. The van der Waals surface area contributed by atoms with Crippen molar-refractivity contribution < 1.29 is 5.11 Å². The van der Waals surface area contributed by atoms with Crippen LogP contribution >= 0.6 is 23.7 Å². The molecule has 0 aliphatic carbocycles. The van der Waals surface area contributed by atoms with E-state index in [9.17, 15) is 5.11 Å². The van der Waals surface area contributed by atoms with Crippen molar-refractivity contribution in [3.63, 3.8) is 0 Å². The minimum absolute atomic E-state index is 0. The zero-order chi connectivity index (χ0) is 11.2. The zero-order valence-corrected chi connectivity index (χ0v) is 11.1. The van der Waals surface area contributed by atoms with Crippen molar-refractivity contribution in [2.75, 3.05) is 0 Å². The van der Waals surface area contributed by atoms with E-state index in [0.717, 1.165) is 18.7 Å². The van der Waals surface area contributed by atoms with Crippen LogP contribution in [-0.4, -0.2) is 5.11 Å². The fourth-order valence-corrected chi connectivity index (χ4v) is 2.29. The minimum atomic E-state index is 0. The molecular weight excluding hydrogens is 254 g/mol. The average molecular weight is 270 g/mol. The summed E-state index contributed by atoms with van der Waals surface area (Å²) in [5.41, 5.74) is 2.17. The van der Waals surface area contributed by atoms with E-state index in [2.05, 4.69) is 22.8 Å². The Hall–Kier alpha value is -0.870. The highest BCUT2D eigenvalue weighted by molar-refractivity contribution is 7.09. The van der Waals surface area contributed by atoms with Gasteiger partial charge in [0.25, 0.3) is 0 Å². The second-order valence-corrected chi connectivity index (χ2v) is 4.64.